The van der Waals surface area contributed by atoms with Gasteiger partial charge in [0.05, 0.1) is 0 Å². The van der Waals surface area contributed by atoms with Crippen LogP contribution in [0.3, 0.4) is 0 Å². The van der Waals surface area contributed by atoms with Gasteiger partial charge in [-0.2, -0.15) is 0 Å². The number of benzene rings is 1. The Morgan fingerprint density at radius 1 is 1.44 bits per heavy atom. The summed E-state index contributed by atoms with van der Waals surface area (Å²) in [6, 6.07) is 6.25. The van der Waals surface area contributed by atoms with Crippen molar-refractivity contribution in [3.63, 3.8) is 0 Å². The van der Waals surface area contributed by atoms with E-state index in [1.165, 1.54) is 24.9 Å². The number of nitrogen functional groups attached to an aromatic ring is 1. The molecule has 1 saturated heterocycles. The van der Waals surface area contributed by atoms with Crippen LogP contribution < -0.4 is 5.73 Å². The van der Waals surface area contributed by atoms with Gasteiger partial charge in [0, 0.05) is 22.2 Å². The van der Waals surface area contributed by atoms with Crippen molar-refractivity contribution in [1.82, 2.24) is 4.90 Å². The summed E-state index contributed by atoms with van der Waals surface area (Å²) in [5.41, 5.74) is 8.36. The van der Waals surface area contributed by atoms with Crippen LogP contribution in [0.25, 0.3) is 0 Å². The predicted octanol–water partition coefficient (Wildman–Crippen LogP) is 3.41. The third-order valence-electron chi connectivity index (χ3n) is 3.51. The molecule has 88 valence electrons. The van der Waals surface area contributed by atoms with Crippen molar-refractivity contribution >= 4 is 21.6 Å². The van der Waals surface area contributed by atoms with Crippen molar-refractivity contribution in [3.8, 4) is 0 Å². The maximum absolute atomic E-state index is 5.90. The van der Waals surface area contributed by atoms with Crippen LogP contribution in [0.2, 0.25) is 0 Å². The van der Waals surface area contributed by atoms with E-state index in [1.54, 1.807) is 0 Å². The van der Waals surface area contributed by atoms with Gasteiger partial charge in [0.2, 0.25) is 0 Å². The van der Waals surface area contributed by atoms with Crippen molar-refractivity contribution in [2.75, 3.05) is 12.3 Å². The van der Waals surface area contributed by atoms with Crippen LogP contribution in [-0.4, -0.2) is 17.0 Å². The number of hydrogen-bond acceptors (Lipinski definition) is 2. The Morgan fingerprint density at radius 3 is 2.75 bits per heavy atom. The highest BCUT2D eigenvalue weighted by molar-refractivity contribution is 9.10. The van der Waals surface area contributed by atoms with E-state index in [0.29, 0.717) is 5.54 Å². The van der Waals surface area contributed by atoms with Crippen molar-refractivity contribution in [1.29, 1.82) is 0 Å². The van der Waals surface area contributed by atoms with E-state index in [0.717, 1.165) is 16.7 Å². The summed E-state index contributed by atoms with van der Waals surface area (Å²) in [4.78, 5) is 2.54. The molecule has 2 rings (SSSR count). The van der Waals surface area contributed by atoms with Gasteiger partial charge >= 0.3 is 0 Å². The first-order valence-electron chi connectivity index (χ1n) is 5.78. The molecular weight excluding hydrogens is 264 g/mol. The highest BCUT2D eigenvalue weighted by Crippen LogP contribution is 2.30. The summed E-state index contributed by atoms with van der Waals surface area (Å²) in [5, 5.41) is 0. The zero-order chi connectivity index (χ0) is 11.8. The van der Waals surface area contributed by atoms with Gasteiger partial charge in [0.25, 0.3) is 0 Å². The number of nitrogens with zero attached hydrogens (tertiary/aromatic N) is 1. The second kappa shape index (κ2) is 4.38. The largest absolute Gasteiger partial charge is 0.398 e. The molecule has 0 amide bonds. The lowest BCUT2D eigenvalue weighted by Crippen LogP contribution is -2.37. The summed E-state index contributed by atoms with van der Waals surface area (Å²) >= 11 is 3.43. The monoisotopic (exact) mass is 282 g/mol. The van der Waals surface area contributed by atoms with Crippen molar-refractivity contribution < 1.29 is 0 Å². The van der Waals surface area contributed by atoms with E-state index in [2.05, 4.69) is 46.8 Å². The van der Waals surface area contributed by atoms with Gasteiger partial charge in [0.1, 0.15) is 0 Å². The van der Waals surface area contributed by atoms with Crippen molar-refractivity contribution in [2.24, 2.45) is 0 Å². The molecule has 0 aromatic heterocycles. The van der Waals surface area contributed by atoms with Gasteiger partial charge in [0.15, 0.2) is 0 Å². The summed E-state index contributed by atoms with van der Waals surface area (Å²) in [6.07, 6.45) is 2.60. The first-order chi connectivity index (χ1) is 7.49. The van der Waals surface area contributed by atoms with E-state index in [4.69, 9.17) is 5.73 Å². The Labute approximate surface area is 106 Å². The molecular formula is C13H19BrN2. The molecule has 3 heteroatoms. The van der Waals surface area contributed by atoms with Crippen LogP contribution in [0.4, 0.5) is 5.69 Å². The fourth-order valence-corrected chi connectivity index (χ4v) is 2.61. The van der Waals surface area contributed by atoms with Gasteiger partial charge in [-0.15, -0.1) is 0 Å². The van der Waals surface area contributed by atoms with E-state index in [9.17, 15) is 0 Å². The quantitative estimate of drug-likeness (QED) is 0.843. The zero-order valence-corrected chi connectivity index (χ0v) is 11.5. The smallest absolute Gasteiger partial charge is 0.0461 e. The van der Waals surface area contributed by atoms with Crippen LogP contribution >= 0.6 is 15.9 Å². The molecule has 1 aromatic rings. The lowest BCUT2D eigenvalue weighted by atomic mass is 10.0. The van der Waals surface area contributed by atoms with E-state index < -0.39 is 0 Å². The molecule has 1 fully saturated rings. The molecule has 1 aromatic carbocycles. The third kappa shape index (κ3) is 2.41. The van der Waals surface area contributed by atoms with Crippen molar-refractivity contribution in [2.45, 2.75) is 38.8 Å². The Morgan fingerprint density at radius 2 is 2.19 bits per heavy atom. The zero-order valence-electron chi connectivity index (χ0n) is 9.96. The molecule has 0 radical (unpaired) electrons. The number of likely N-dealkylation sites (tertiary alicyclic amines) is 1. The summed E-state index contributed by atoms with van der Waals surface area (Å²) in [5.74, 6) is 0. The number of rotatable bonds is 2. The molecule has 0 spiro atoms. The second-order valence-electron chi connectivity index (χ2n) is 5.19. The molecule has 2 N–H and O–H groups in total. The van der Waals surface area contributed by atoms with Gasteiger partial charge < -0.3 is 5.73 Å². The molecule has 2 nitrogen and oxygen atoms in total. The Balaban J connectivity index is 2.12. The average molecular weight is 283 g/mol. The van der Waals surface area contributed by atoms with E-state index in [-0.39, 0.29) is 0 Å². The number of halogens is 1. The molecule has 0 saturated carbocycles. The number of anilines is 1. The highest BCUT2D eigenvalue weighted by Gasteiger charge is 2.31. The topological polar surface area (TPSA) is 29.3 Å². The van der Waals surface area contributed by atoms with Crippen LogP contribution in [0.1, 0.15) is 32.3 Å². The van der Waals surface area contributed by atoms with Gasteiger partial charge in [-0.25, -0.2) is 0 Å². The van der Waals surface area contributed by atoms with Crippen LogP contribution in [-0.2, 0) is 6.54 Å². The molecule has 0 atom stereocenters. The predicted molar refractivity (Wildman–Crippen MR) is 72.3 cm³/mol. The normalized spacial score (nSPS) is 20.2. The molecule has 0 bridgehead atoms. The third-order valence-corrected chi connectivity index (χ3v) is 4.23. The van der Waals surface area contributed by atoms with E-state index in [1.807, 2.05) is 6.07 Å². The van der Waals surface area contributed by atoms with Crippen LogP contribution in [0, 0.1) is 0 Å². The molecule has 16 heavy (non-hydrogen) atoms. The first-order valence-corrected chi connectivity index (χ1v) is 6.57. The maximum Gasteiger partial charge on any atom is 0.0461 e. The highest BCUT2D eigenvalue weighted by atomic mass is 79.9. The maximum atomic E-state index is 5.90. The van der Waals surface area contributed by atoms with Gasteiger partial charge in [-0.1, -0.05) is 6.07 Å². The summed E-state index contributed by atoms with van der Waals surface area (Å²) < 4.78 is 0.983. The summed E-state index contributed by atoms with van der Waals surface area (Å²) in [6.45, 7) is 6.85. The Hall–Kier alpha value is -0.540. The molecule has 1 heterocycles. The minimum absolute atomic E-state index is 0.335. The fourth-order valence-electron chi connectivity index (χ4n) is 2.37. The van der Waals surface area contributed by atoms with Crippen LogP contribution in [0.15, 0.2) is 22.7 Å². The first kappa shape index (κ1) is 11.9. The number of hydrogen-bond donors (Lipinski definition) is 1. The van der Waals surface area contributed by atoms with Crippen molar-refractivity contribution in [3.05, 3.63) is 28.2 Å². The minimum atomic E-state index is 0.335. The van der Waals surface area contributed by atoms with Gasteiger partial charge in [-0.3, -0.25) is 4.90 Å². The van der Waals surface area contributed by atoms with Crippen LogP contribution in [0.5, 0.6) is 0 Å². The summed E-state index contributed by atoms with van der Waals surface area (Å²) in [7, 11) is 0. The number of nitrogens with two attached hydrogens (primary N) is 1. The molecule has 1 aliphatic heterocycles. The fraction of sp³-hybridized carbons (Fsp3) is 0.538. The SMILES string of the molecule is CC1(C)CCCN1Cc1ccc(Br)c(N)c1. The molecule has 1 aliphatic rings. The lowest BCUT2D eigenvalue weighted by molar-refractivity contribution is 0.166. The minimum Gasteiger partial charge on any atom is -0.398 e. The average Bonchev–Trinajstić information content (AvgIpc) is 2.52. The Bertz CT molecular complexity index is 388. The standard InChI is InChI=1S/C13H19BrN2/c1-13(2)6-3-7-16(13)9-10-4-5-11(14)12(15)8-10/h4-5,8H,3,6-7,9,15H2,1-2H3. The van der Waals surface area contributed by atoms with E-state index >= 15 is 0 Å². The molecule has 0 unspecified atom stereocenters. The Kier molecular flexibility index (Phi) is 3.27. The second-order valence-corrected chi connectivity index (χ2v) is 6.05. The lowest BCUT2D eigenvalue weighted by Gasteiger charge is -2.31. The van der Waals surface area contributed by atoms with Gasteiger partial charge in [-0.05, 0) is 66.9 Å². The molecule has 0 aliphatic carbocycles.